The van der Waals surface area contributed by atoms with Gasteiger partial charge in [-0.05, 0) is 6.42 Å². The van der Waals surface area contributed by atoms with Crippen LogP contribution in [0, 0.1) is 5.41 Å². The van der Waals surface area contributed by atoms with Crippen LogP contribution in [0.5, 0.6) is 0 Å². The Bertz CT molecular complexity index is 83.1. The molecule has 0 aromatic carbocycles. The topological polar surface area (TPSA) is 61.3 Å². The molecule has 0 bridgehead atoms. The van der Waals surface area contributed by atoms with Gasteiger partial charge in [-0.25, -0.2) is 0 Å². The Morgan fingerprint density at radius 3 is 2.22 bits per heavy atom. The zero-order valence-electron chi connectivity index (χ0n) is 5.60. The highest BCUT2D eigenvalue weighted by atomic mass is 16.5. The van der Waals surface area contributed by atoms with E-state index >= 15 is 0 Å². The lowest BCUT2D eigenvalue weighted by molar-refractivity contribution is 0.158. The van der Waals surface area contributed by atoms with E-state index in [2.05, 4.69) is 0 Å². The Kier molecular flexibility index (Phi) is 2.05. The second-order valence-corrected chi connectivity index (χ2v) is 2.71. The van der Waals surface area contributed by atoms with Gasteiger partial charge in [-0.3, -0.25) is 0 Å². The fraction of sp³-hybridized carbons (Fsp3) is 1.00. The zero-order chi connectivity index (χ0) is 6.74. The van der Waals surface area contributed by atoms with Crippen LogP contribution in [0.4, 0.5) is 0 Å². The van der Waals surface area contributed by atoms with Gasteiger partial charge >= 0.3 is 0 Å². The third kappa shape index (κ3) is 1.23. The minimum atomic E-state index is 0.111. The summed E-state index contributed by atoms with van der Waals surface area (Å²) >= 11 is 0. The highest BCUT2D eigenvalue weighted by Crippen LogP contribution is 2.25. The molecule has 0 radical (unpaired) electrons. The lowest BCUT2D eigenvalue weighted by Gasteiger charge is -2.22. The molecule has 1 saturated heterocycles. The summed E-state index contributed by atoms with van der Waals surface area (Å²) in [5.74, 6) is 0. The lowest BCUT2D eigenvalue weighted by atomic mass is 9.88. The number of hydrogen-bond acceptors (Lipinski definition) is 3. The minimum absolute atomic E-state index is 0.111. The van der Waals surface area contributed by atoms with Gasteiger partial charge in [0.1, 0.15) is 0 Å². The van der Waals surface area contributed by atoms with Gasteiger partial charge in [-0.1, -0.05) is 0 Å². The molecule has 1 aliphatic rings. The molecule has 1 heterocycles. The Morgan fingerprint density at radius 2 is 2.00 bits per heavy atom. The first-order valence-corrected chi connectivity index (χ1v) is 3.31. The van der Waals surface area contributed by atoms with Crippen LogP contribution in [-0.2, 0) is 4.74 Å². The summed E-state index contributed by atoms with van der Waals surface area (Å²) in [4.78, 5) is 0. The zero-order valence-corrected chi connectivity index (χ0v) is 5.60. The number of ether oxygens (including phenoxy) is 1. The maximum absolute atomic E-state index is 5.52. The molecule has 3 nitrogen and oxygen atoms in total. The molecule has 0 aromatic heterocycles. The number of hydrogen-bond donors (Lipinski definition) is 2. The summed E-state index contributed by atoms with van der Waals surface area (Å²) in [7, 11) is 0. The van der Waals surface area contributed by atoms with Gasteiger partial charge in [-0.2, -0.15) is 0 Å². The Hall–Kier alpha value is -0.120. The van der Waals surface area contributed by atoms with Crippen LogP contribution in [0.25, 0.3) is 0 Å². The van der Waals surface area contributed by atoms with Crippen molar-refractivity contribution in [2.75, 3.05) is 26.3 Å². The van der Waals surface area contributed by atoms with E-state index in [1.54, 1.807) is 0 Å². The summed E-state index contributed by atoms with van der Waals surface area (Å²) in [5.41, 5.74) is 11.1. The molecule has 3 heteroatoms. The van der Waals surface area contributed by atoms with Gasteiger partial charge in [0.05, 0.1) is 6.61 Å². The van der Waals surface area contributed by atoms with E-state index in [4.69, 9.17) is 16.2 Å². The molecular formula is C6H14N2O. The van der Waals surface area contributed by atoms with E-state index < -0.39 is 0 Å². The van der Waals surface area contributed by atoms with Crippen molar-refractivity contribution in [2.24, 2.45) is 16.9 Å². The summed E-state index contributed by atoms with van der Waals surface area (Å²) < 4.78 is 5.18. The quantitative estimate of drug-likeness (QED) is 0.520. The van der Waals surface area contributed by atoms with Crippen LogP contribution in [0.1, 0.15) is 6.42 Å². The average molecular weight is 130 g/mol. The largest absolute Gasteiger partial charge is 0.381 e. The lowest BCUT2D eigenvalue weighted by Crippen LogP contribution is -2.38. The van der Waals surface area contributed by atoms with E-state index in [1.165, 1.54) is 0 Å². The molecular weight excluding hydrogens is 116 g/mol. The molecule has 0 atom stereocenters. The first-order chi connectivity index (χ1) is 4.33. The summed E-state index contributed by atoms with van der Waals surface area (Å²) in [5, 5.41) is 0. The van der Waals surface area contributed by atoms with Crippen molar-refractivity contribution in [1.29, 1.82) is 0 Å². The van der Waals surface area contributed by atoms with Crippen molar-refractivity contribution < 1.29 is 4.74 Å². The maximum atomic E-state index is 5.52. The molecule has 0 saturated carbocycles. The summed E-state index contributed by atoms with van der Waals surface area (Å²) in [6, 6.07) is 0. The molecule has 1 fully saturated rings. The molecule has 54 valence electrons. The molecule has 0 amide bonds. The van der Waals surface area contributed by atoms with E-state index in [0.29, 0.717) is 13.1 Å². The second-order valence-electron chi connectivity index (χ2n) is 2.71. The third-order valence-corrected chi connectivity index (χ3v) is 2.05. The maximum Gasteiger partial charge on any atom is 0.0547 e. The summed E-state index contributed by atoms with van der Waals surface area (Å²) in [6.07, 6.45) is 1.03. The van der Waals surface area contributed by atoms with Gasteiger partial charge in [0.15, 0.2) is 0 Å². The van der Waals surface area contributed by atoms with Crippen LogP contribution in [0.15, 0.2) is 0 Å². The van der Waals surface area contributed by atoms with Crippen LogP contribution in [-0.4, -0.2) is 26.3 Å². The van der Waals surface area contributed by atoms with Gasteiger partial charge in [0, 0.05) is 25.1 Å². The van der Waals surface area contributed by atoms with E-state index in [9.17, 15) is 0 Å². The summed E-state index contributed by atoms with van der Waals surface area (Å²) in [6.45, 7) is 2.89. The third-order valence-electron chi connectivity index (χ3n) is 2.05. The van der Waals surface area contributed by atoms with Gasteiger partial charge in [0.25, 0.3) is 0 Å². The fourth-order valence-corrected chi connectivity index (χ4v) is 1.05. The van der Waals surface area contributed by atoms with Crippen molar-refractivity contribution in [3.8, 4) is 0 Å². The van der Waals surface area contributed by atoms with Crippen molar-refractivity contribution in [3.05, 3.63) is 0 Å². The number of rotatable bonds is 2. The van der Waals surface area contributed by atoms with Gasteiger partial charge in [0.2, 0.25) is 0 Å². The Balaban J connectivity index is 2.45. The number of nitrogens with two attached hydrogens (primary N) is 2. The van der Waals surface area contributed by atoms with Gasteiger partial charge in [-0.15, -0.1) is 0 Å². The fourth-order valence-electron chi connectivity index (χ4n) is 1.05. The van der Waals surface area contributed by atoms with E-state index in [0.717, 1.165) is 19.6 Å². The molecule has 4 N–H and O–H groups in total. The van der Waals surface area contributed by atoms with Gasteiger partial charge < -0.3 is 16.2 Å². The second kappa shape index (κ2) is 2.64. The molecule has 1 rings (SSSR count). The predicted octanol–water partition coefficient (Wildman–Crippen LogP) is -0.689. The van der Waals surface area contributed by atoms with Crippen molar-refractivity contribution in [2.45, 2.75) is 6.42 Å². The molecule has 0 unspecified atom stereocenters. The highest BCUT2D eigenvalue weighted by molar-refractivity contribution is 4.84. The Labute approximate surface area is 55.4 Å². The van der Waals surface area contributed by atoms with Crippen molar-refractivity contribution >= 4 is 0 Å². The monoisotopic (exact) mass is 130 g/mol. The molecule has 0 aromatic rings. The standard InChI is InChI=1S/C6H14N2O/c7-3-6(4-8)1-2-9-5-6/h1-5,7-8H2. The first-order valence-electron chi connectivity index (χ1n) is 3.31. The van der Waals surface area contributed by atoms with Crippen LogP contribution < -0.4 is 11.5 Å². The average Bonchev–Trinajstić information content (AvgIpc) is 2.36. The molecule has 9 heavy (non-hydrogen) atoms. The highest BCUT2D eigenvalue weighted by Gasteiger charge is 2.31. The SMILES string of the molecule is NCC1(CN)CCOC1. The normalized spacial score (nSPS) is 24.7. The van der Waals surface area contributed by atoms with Crippen LogP contribution in [0.2, 0.25) is 0 Å². The predicted molar refractivity (Wildman–Crippen MR) is 36.0 cm³/mol. The first kappa shape index (κ1) is 6.99. The smallest absolute Gasteiger partial charge is 0.0547 e. The van der Waals surface area contributed by atoms with Crippen LogP contribution in [0.3, 0.4) is 0 Å². The van der Waals surface area contributed by atoms with Crippen molar-refractivity contribution in [1.82, 2.24) is 0 Å². The minimum Gasteiger partial charge on any atom is -0.381 e. The Morgan fingerprint density at radius 1 is 1.33 bits per heavy atom. The molecule has 0 spiro atoms. The molecule has 1 aliphatic heterocycles. The van der Waals surface area contributed by atoms with E-state index in [-0.39, 0.29) is 5.41 Å². The van der Waals surface area contributed by atoms with Crippen molar-refractivity contribution in [3.63, 3.8) is 0 Å². The van der Waals surface area contributed by atoms with Crippen LogP contribution >= 0.6 is 0 Å². The molecule has 0 aliphatic carbocycles. The van der Waals surface area contributed by atoms with E-state index in [1.807, 2.05) is 0 Å².